The highest BCUT2D eigenvalue weighted by molar-refractivity contribution is 5.92. The molecule has 1 saturated heterocycles. The molecule has 1 aromatic carbocycles. The van der Waals surface area contributed by atoms with Crippen LogP contribution >= 0.6 is 0 Å². The lowest BCUT2D eigenvalue weighted by Crippen LogP contribution is -2.33. The lowest BCUT2D eigenvalue weighted by atomic mass is 10.1. The van der Waals surface area contributed by atoms with Crippen LogP contribution in [-0.2, 0) is 6.42 Å². The van der Waals surface area contributed by atoms with Crippen molar-refractivity contribution in [3.8, 4) is 0 Å². The van der Waals surface area contributed by atoms with Crippen LogP contribution in [0.3, 0.4) is 0 Å². The van der Waals surface area contributed by atoms with E-state index in [1.165, 1.54) is 5.56 Å². The summed E-state index contributed by atoms with van der Waals surface area (Å²) in [7, 11) is 0. The Bertz CT molecular complexity index is 648. The summed E-state index contributed by atoms with van der Waals surface area (Å²) in [4.78, 5) is 12.3. The van der Waals surface area contributed by atoms with Crippen LogP contribution in [0.1, 0.15) is 48.3 Å². The van der Waals surface area contributed by atoms with Gasteiger partial charge in [-0.05, 0) is 51.3 Å². The first-order valence-corrected chi connectivity index (χ1v) is 8.69. The van der Waals surface area contributed by atoms with E-state index >= 15 is 0 Å². The molecular weight excluding hydrogens is 302 g/mol. The van der Waals surface area contributed by atoms with Crippen molar-refractivity contribution < 1.29 is 4.79 Å². The Morgan fingerprint density at radius 2 is 2.08 bits per heavy atom. The van der Waals surface area contributed by atoms with Gasteiger partial charge in [0, 0.05) is 6.04 Å². The average molecular weight is 327 g/mol. The molecule has 128 valence electrons. The van der Waals surface area contributed by atoms with E-state index in [0.29, 0.717) is 11.7 Å². The molecule has 2 heterocycles. The highest BCUT2D eigenvalue weighted by Crippen LogP contribution is 2.17. The fourth-order valence-corrected chi connectivity index (χ4v) is 3.03. The van der Waals surface area contributed by atoms with E-state index in [4.69, 9.17) is 0 Å². The third kappa shape index (κ3) is 4.41. The number of amides is 1. The molecule has 0 aliphatic carbocycles. The number of nitrogens with one attached hydrogen (secondary N) is 2. The van der Waals surface area contributed by atoms with Crippen LogP contribution in [0.25, 0.3) is 0 Å². The van der Waals surface area contributed by atoms with Crippen molar-refractivity contribution in [1.82, 2.24) is 25.6 Å². The van der Waals surface area contributed by atoms with E-state index in [1.54, 1.807) is 6.20 Å². The highest BCUT2D eigenvalue weighted by atomic mass is 16.2. The van der Waals surface area contributed by atoms with E-state index in [0.717, 1.165) is 38.8 Å². The summed E-state index contributed by atoms with van der Waals surface area (Å²) < 4.78 is 1.84. The number of carbonyl (C=O) groups excluding carboxylic acids is 1. The van der Waals surface area contributed by atoms with Gasteiger partial charge in [0.1, 0.15) is 0 Å². The van der Waals surface area contributed by atoms with E-state index in [2.05, 4.69) is 33.1 Å². The minimum absolute atomic E-state index is 0.0988. The average Bonchev–Trinajstić information content (AvgIpc) is 3.12. The van der Waals surface area contributed by atoms with Crippen LogP contribution in [0.2, 0.25) is 0 Å². The number of aromatic nitrogens is 3. The Balaban J connectivity index is 1.50. The first-order chi connectivity index (χ1) is 11.7. The second-order valence-corrected chi connectivity index (χ2v) is 6.46. The summed E-state index contributed by atoms with van der Waals surface area (Å²) in [6, 6.07) is 10.8. The van der Waals surface area contributed by atoms with Crippen molar-refractivity contribution in [2.75, 3.05) is 13.1 Å². The van der Waals surface area contributed by atoms with Crippen molar-refractivity contribution in [3.05, 3.63) is 47.8 Å². The monoisotopic (exact) mass is 327 g/mol. The van der Waals surface area contributed by atoms with Crippen molar-refractivity contribution in [2.45, 2.75) is 44.7 Å². The van der Waals surface area contributed by atoms with Crippen molar-refractivity contribution in [1.29, 1.82) is 0 Å². The molecule has 1 aliphatic rings. The molecule has 2 aromatic rings. The van der Waals surface area contributed by atoms with Crippen molar-refractivity contribution in [2.24, 2.45) is 0 Å². The maximum atomic E-state index is 12.3. The van der Waals surface area contributed by atoms with E-state index in [-0.39, 0.29) is 11.9 Å². The molecule has 1 aliphatic heterocycles. The van der Waals surface area contributed by atoms with Gasteiger partial charge in [0.15, 0.2) is 5.69 Å². The fraction of sp³-hybridized carbons (Fsp3) is 0.500. The molecule has 3 rings (SSSR count). The number of hydrogen-bond donors (Lipinski definition) is 2. The molecule has 1 unspecified atom stereocenters. The molecule has 0 saturated carbocycles. The summed E-state index contributed by atoms with van der Waals surface area (Å²) in [6.45, 7) is 4.00. The molecule has 0 bridgehead atoms. The number of aryl methyl sites for hydroxylation is 1. The molecule has 1 atom stereocenters. The SMILES string of the molecule is CC(CCc1ccccc1)NC(=O)c1cn(C2CCNCC2)nn1. The van der Waals surface area contributed by atoms with Gasteiger partial charge in [0.05, 0.1) is 12.2 Å². The van der Waals surface area contributed by atoms with Crippen molar-refractivity contribution in [3.63, 3.8) is 0 Å². The fourth-order valence-electron chi connectivity index (χ4n) is 3.03. The molecule has 6 heteroatoms. The summed E-state index contributed by atoms with van der Waals surface area (Å²) in [5.74, 6) is -0.143. The van der Waals surface area contributed by atoms with Crippen LogP contribution < -0.4 is 10.6 Å². The first kappa shape index (κ1) is 16.6. The predicted octanol–water partition coefficient (Wildman–Crippen LogP) is 1.95. The number of hydrogen-bond acceptors (Lipinski definition) is 4. The molecule has 0 spiro atoms. The molecular formula is C18H25N5O. The Labute approximate surface area is 142 Å². The standard InChI is InChI=1S/C18H25N5O/c1-14(7-8-15-5-3-2-4-6-15)20-18(24)17-13-23(22-21-17)16-9-11-19-12-10-16/h2-6,13-14,16,19H,7-12H2,1H3,(H,20,24). The maximum absolute atomic E-state index is 12.3. The van der Waals surface area contributed by atoms with Crippen LogP contribution in [0.4, 0.5) is 0 Å². The normalized spacial score (nSPS) is 16.7. The Hall–Kier alpha value is -2.21. The smallest absolute Gasteiger partial charge is 0.273 e. The minimum atomic E-state index is -0.143. The summed E-state index contributed by atoms with van der Waals surface area (Å²) in [5, 5.41) is 14.5. The summed E-state index contributed by atoms with van der Waals surface area (Å²) >= 11 is 0. The van der Waals surface area contributed by atoms with Gasteiger partial charge in [-0.2, -0.15) is 0 Å². The second kappa shape index (κ2) is 8.06. The van der Waals surface area contributed by atoms with Gasteiger partial charge in [-0.15, -0.1) is 5.10 Å². The van der Waals surface area contributed by atoms with Gasteiger partial charge in [0.25, 0.3) is 5.91 Å². The van der Waals surface area contributed by atoms with Crippen molar-refractivity contribution >= 4 is 5.91 Å². The van der Waals surface area contributed by atoms with Gasteiger partial charge in [-0.3, -0.25) is 4.79 Å². The lowest BCUT2D eigenvalue weighted by molar-refractivity contribution is 0.0933. The number of benzene rings is 1. The van der Waals surface area contributed by atoms with Crippen LogP contribution in [0.5, 0.6) is 0 Å². The largest absolute Gasteiger partial charge is 0.348 e. The van der Waals surface area contributed by atoms with Crippen LogP contribution in [0.15, 0.2) is 36.5 Å². The lowest BCUT2D eigenvalue weighted by Gasteiger charge is -2.22. The highest BCUT2D eigenvalue weighted by Gasteiger charge is 2.19. The molecule has 1 amide bonds. The molecule has 24 heavy (non-hydrogen) atoms. The zero-order chi connectivity index (χ0) is 16.8. The van der Waals surface area contributed by atoms with Crippen LogP contribution in [0, 0.1) is 0 Å². The number of rotatable bonds is 6. The van der Waals surface area contributed by atoms with Crippen LogP contribution in [-0.4, -0.2) is 40.0 Å². The van der Waals surface area contributed by atoms with E-state index in [9.17, 15) is 4.79 Å². The van der Waals surface area contributed by atoms with Gasteiger partial charge in [-0.25, -0.2) is 4.68 Å². The zero-order valence-corrected chi connectivity index (χ0v) is 14.1. The first-order valence-electron chi connectivity index (χ1n) is 8.69. The van der Waals surface area contributed by atoms with Gasteiger partial charge in [-0.1, -0.05) is 35.5 Å². The Kier molecular flexibility index (Phi) is 5.59. The number of piperidine rings is 1. The zero-order valence-electron chi connectivity index (χ0n) is 14.1. The van der Waals surface area contributed by atoms with Gasteiger partial charge >= 0.3 is 0 Å². The molecule has 2 N–H and O–H groups in total. The molecule has 1 fully saturated rings. The quantitative estimate of drug-likeness (QED) is 0.851. The molecule has 6 nitrogen and oxygen atoms in total. The summed E-state index contributed by atoms with van der Waals surface area (Å²) in [6.07, 6.45) is 5.67. The van der Waals surface area contributed by atoms with Gasteiger partial charge < -0.3 is 10.6 Å². The van der Waals surface area contributed by atoms with E-state index < -0.39 is 0 Å². The minimum Gasteiger partial charge on any atom is -0.348 e. The molecule has 0 radical (unpaired) electrons. The third-order valence-electron chi connectivity index (χ3n) is 4.51. The Morgan fingerprint density at radius 1 is 1.33 bits per heavy atom. The topological polar surface area (TPSA) is 71.8 Å². The molecule has 1 aromatic heterocycles. The Morgan fingerprint density at radius 3 is 2.83 bits per heavy atom. The number of carbonyl (C=O) groups is 1. The van der Waals surface area contributed by atoms with E-state index in [1.807, 2.05) is 29.8 Å². The maximum Gasteiger partial charge on any atom is 0.273 e. The predicted molar refractivity (Wildman–Crippen MR) is 92.9 cm³/mol. The third-order valence-corrected chi connectivity index (χ3v) is 4.51. The number of nitrogens with zero attached hydrogens (tertiary/aromatic N) is 3. The second-order valence-electron chi connectivity index (χ2n) is 6.46. The van der Waals surface area contributed by atoms with Gasteiger partial charge in [0.2, 0.25) is 0 Å². The summed E-state index contributed by atoms with van der Waals surface area (Å²) in [5.41, 5.74) is 1.69.